The van der Waals surface area contributed by atoms with Gasteiger partial charge in [-0.3, -0.25) is 4.79 Å². The number of aliphatic carboxylic acids is 1. The summed E-state index contributed by atoms with van der Waals surface area (Å²) in [6, 6.07) is 8.42. The van der Waals surface area contributed by atoms with Crippen LogP contribution in [0.1, 0.15) is 37.7 Å². The lowest BCUT2D eigenvalue weighted by Crippen LogP contribution is -2.42. The minimum absolute atomic E-state index is 0.210. The number of hydrogen-bond acceptors (Lipinski definition) is 4. The lowest BCUT2D eigenvalue weighted by atomic mass is 10.1. The van der Waals surface area contributed by atoms with E-state index in [4.69, 9.17) is 0 Å². The van der Waals surface area contributed by atoms with Crippen LogP contribution in [-0.4, -0.2) is 34.0 Å². The van der Waals surface area contributed by atoms with Gasteiger partial charge in [-0.25, -0.2) is 4.79 Å². The van der Waals surface area contributed by atoms with E-state index in [-0.39, 0.29) is 5.91 Å². The molecule has 0 saturated heterocycles. The SMILES string of the molecule is O=C(CCCCC(S)CCS)N[C@@H](Cc1ccccc1)C(=O)O. The molecule has 2 atom stereocenters. The van der Waals surface area contributed by atoms with Gasteiger partial charge >= 0.3 is 5.97 Å². The van der Waals surface area contributed by atoms with E-state index < -0.39 is 12.0 Å². The zero-order valence-corrected chi connectivity index (χ0v) is 14.9. The molecule has 0 aliphatic carbocycles. The third-order valence-electron chi connectivity index (χ3n) is 3.57. The number of carboxylic acids is 1. The molecule has 128 valence electrons. The second kappa shape index (κ2) is 11.4. The van der Waals surface area contributed by atoms with Crippen LogP contribution in [0, 0.1) is 0 Å². The van der Waals surface area contributed by atoms with Crippen LogP contribution < -0.4 is 5.32 Å². The quantitative estimate of drug-likeness (QED) is 0.364. The Morgan fingerprint density at radius 3 is 2.43 bits per heavy atom. The van der Waals surface area contributed by atoms with Crippen LogP contribution in [0.2, 0.25) is 0 Å². The van der Waals surface area contributed by atoms with Gasteiger partial charge in [-0.05, 0) is 30.6 Å². The first-order valence-electron chi connectivity index (χ1n) is 7.88. The van der Waals surface area contributed by atoms with E-state index in [0.717, 1.165) is 37.0 Å². The zero-order chi connectivity index (χ0) is 17.1. The maximum Gasteiger partial charge on any atom is 0.326 e. The maximum atomic E-state index is 11.9. The van der Waals surface area contributed by atoms with Crippen molar-refractivity contribution in [2.24, 2.45) is 0 Å². The smallest absolute Gasteiger partial charge is 0.326 e. The summed E-state index contributed by atoms with van der Waals surface area (Å²) in [6.07, 6.45) is 4.20. The fourth-order valence-corrected chi connectivity index (χ4v) is 3.10. The van der Waals surface area contributed by atoms with E-state index in [1.807, 2.05) is 30.3 Å². The van der Waals surface area contributed by atoms with E-state index >= 15 is 0 Å². The Hall–Kier alpha value is -1.14. The van der Waals surface area contributed by atoms with Gasteiger partial charge < -0.3 is 10.4 Å². The first kappa shape index (κ1) is 19.9. The molecule has 0 fully saturated rings. The Morgan fingerprint density at radius 2 is 1.83 bits per heavy atom. The number of carbonyl (C=O) groups is 2. The van der Waals surface area contributed by atoms with Crippen molar-refractivity contribution in [1.82, 2.24) is 5.32 Å². The third-order valence-corrected chi connectivity index (χ3v) is 4.34. The van der Waals surface area contributed by atoms with Gasteiger partial charge in [0.2, 0.25) is 5.91 Å². The van der Waals surface area contributed by atoms with Crippen molar-refractivity contribution in [3.05, 3.63) is 35.9 Å². The van der Waals surface area contributed by atoms with E-state index in [9.17, 15) is 14.7 Å². The normalized spacial score (nSPS) is 13.3. The van der Waals surface area contributed by atoms with Gasteiger partial charge in [0.05, 0.1) is 0 Å². The number of carboxylic acid groups (broad SMARTS) is 1. The number of benzene rings is 1. The molecule has 0 radical (unpaired) electrons. The topological polar surface area (TPSA) is 66.4 Å². The maximum absolute atomic E-state index is 11.9. The second-order valence-corrected chi connectivity index (χ2v) is 6.74. The average molecular weight is 356 g/mol. The molecular formula is C17H25NO3S2. The van der Waals surface area contributed by atoms with Crippen molar-refractivity contribution < 1.29 is 14.7 Å². The molecule has 1 aromatic rings. The minimum Gasteiger partial charge on any atom is -0.480 e. The Kier molecular flexibility index (Phi) is 9.87. The molecule has 0 spiro atoms. The van der Waals surface area contributed by atoms with Crippen LogP contribution >= 0.6 is 25.3 Å². The largest absolute Gasteiger partial charge is 0.480 e. The van der Waals surface area contributed by atoms with Crippen molar-refractivity contribution in [3.8, 4) is 0 Å². The first-order chi connectivity index (χ1) is 11.0. The number of carbonyl (C=O) groups excluding carboxylic acids is 1. The lowest BCUT2D eigenvalue weighted by Gasteiger charge is -2.15. The molecular weight excluding hydrogens is 330 g/mol. The summed E-state index contributed by atoms with van der Waals surface area (Å²) < 4.78 is 0. The Labute approximate surface area is 148 Å². The van der Waals surface area contributed by atoms with Gasteiger partial charge in [0, 0.05) is 18.1 Å². The zero-order valence-electron chi connectivity index (χ0n) is 13.1. The summed E-state index contributed by atoms with van der Waals surface area (Å²) in [5, 5.41) is 12.2. The van der Waals surface area contributed by atoms with E-state index in [2.05, 4.69) is 30.6 Å². The summed E-state index contributed by atoms with van der Waals surface area (Å²) in [4.78, 5) is 23.2. The average Bonchev–Trinajstić information content (AvgIpc) is 2.52. The molecule has 0 bridgehead atoms. The predicted octanol–water partition coefficient (Wildman–Crippen LogP) is 2.98. The highest BCUT2D eigenvalue weighted by atomic mass is 32.1. The number of rotatable bonds is 11. The first-order valence-corrected chi connectivity index (χ1v) is 9.03. The number of hydrogen-bond donors (Lipinski definition) is 4. The third kappa shape index (κ3) is 8.91. The standard InChI is InChI=1S/C17H25NO3S2/c19-16(9-5-4-8-14(23)10-11-22)18-15(17(20)21)12-13-6-2-1-3-7-13/h1-3,6-7,14-15,22-23H,4-5,8-12H2,(H,18,19)(H,20,21)/t14?,15-/m0/s1. The van der Waals surface area contributed by atoms with Crippen molar-refractivity contribution in [1.29, 1.82) is 0 Å². The van der Waals surface area contributed by atoms with Crippen molar-refractivity contribution in [2.45, 2.75) is 49.8 Å². The molecule has 0 aliphatic heterocycles. The van der Waals surface area contributed by atoms with Crippen LogP contribution in [0.15, 0.2) is 30.3 Å². The second-order valence-electron chi connectivity index (χ2n) is 5.56. The van der Waals surface area contributed by atoms with Gasteiger partial charge in [0.1, 0.15) is 6.04 Å². The van der Waals surface area contributed by atoms with Crippen molar-refractivity contribution in [2.75, 3.05) is 5.75 Å². The molecule has 6 heteroatoms. The monoisotopic (exact) mass is 355 g/mol. The molecule has 1 unspecified atom stereocenters. The molecule has 1 aromatic carbocycles. The number of unbranched alkanes of at least 4 members (excludes halogenated alkanes) is 1. The summed E-state index contributed by atoms with van der Waals surface area (Å²) >= 11 is 8.61. The van der Waals surface area contributed by atoms with Crippen LogP contribution in [0.5, 0.6) is 0 Å². The number of nitrogens with one attached hydrogen (secondary N) is 1. The molecule has 2 N–H and O–H groups in total. The molecule has 0 aliphatic rings. The van der Waals surface area contributed by atoms with E-state index in [1.54, 1.807) is 0 Å². The van der Waals surface area contributed by atoms with Crippen LogP contribution in [0.25, 0.3) is 0 Å². The van der Waals surface area contributed by atoms with Gasteiger partial charge in [-0.15, -0.1) is 0 Å². The summed E-state index contributed by atoms with van der Waals surface area (Å²) in [7, 11) is 0. The molecule has 4 nitrogen and oxygen atoms in total. The Morgan fingerprint density at radius 1 is 1.13 bits per heavy atom. The molecule has 0 heterocycles. The van der Waals surface area contributed by atoms with Crippen LogP contribution in [-0.2, 0) is 16.0 Å². The van der Waals surface area contributed by atoms with Crippen LogP contribution in [0.4, 0.5) is 0 Å². The summed E-state index contributed by atoms with van der Waals surface area (Å²) in [6.45, 7) is 0. The van der Waals surface area contributed by atoms with Gasteiger partial charge in [0.15, 0.2) is 0 Å². The van der Waals surface area contributed by atoms with Crippen LogP contribution in [0.3, 0.4) is 0 Å². The summed E-state index contributed by atoms with van der Waals surface area (Å²) in [5.41, 5.74) is 0.893. The lowest BCUT2D eigenvalue weighted by molar-refractivity contribution is -0.141. The molecule has 0 saturated carbocycles. The fraction of sp³-hybridized carbons (Fsp3) is 0.529. The highest BCUT2D eigenvalue weighted by Crippen LogP contribution is 2.13. The number of amides is 1. The Balaban J connectivity index is 2.33. The molecule has 0 aromatic heterocycles. The molecule has 1 amide bonds. The highest BCUT2D eigenvalue weighted by molar-refractivity contribution is 7.81. The molecule has 1 rings (SSSR count). The van der Waals surface area contributed by atoms with E-state index in [0.29, 0.717) is 18.1 Å². The van der Waals surface area contributed by atoms with Crippen molar-refractivity contribution in [3.63, 3.8) is 0 Å². The van der Waals surface area contributed by atoms with Crippen molar-refractivity contribution >= 4 is 37.1 Å². The minimum atomic E-state index is -1.01. The van der Waals surface area contributed by atoms with E-state index in [1.165, 1.54) is 0 Å². The molecule has 23 heavy (non-hydrogen) atoms. The van der Waals surface area contributed by atoms with Gasteiger partial charge in [-0.2, -0.15) is 25.3 Å². The predicted molar refractivity (Wildman–Crippen MR) is 99.4 cm³/mol. The number of thiol groups is 2. The fourth-order valence-electron chi connectivity index (χ4n) is 2.28. The Bertz CT molecular complexity index is 482. The summed E-state index contributed by atoms with van der Waals surface area (Å²) in [5.74, 6) is -0.404. The van der Waals surface area contributed by atoms with Gasteiger partial charge in [0.25, 0.3) is 0 Å². The van der Waals surface area contributed by atoms with Gasteiger partial charge in [-0.1, -0.05) is 36.8 Å². The highest BCUT2D eigenvalue weighted by Gasteiger charge is 2.20.